The van der Waals surface area contributed by atoms with Gasteiger partial charge in [0.2, 0.25) is 11.9 Å². The van der Waals surface area contributed by atoms with Gasteiger partial charge in [-0.05, 0) is 68.8 Å². The Morgan fingerprint density at radius 1 is 0.921 bits per heavy atom. The lowest BCUT2D eigenvalue weighted by atomic mass is 10.0. The molecule has 1 N–H and O–H groups in total. The molecule has 1 unspecified atom stereocenters. The van der Waals surface area contributed by atoms with Gasteiger partial charge in [-0.2, -0.15) is 4.98 Å². The maximum atomic E-state index is 12.9. The van der Waals surface area contributed by atoms with Crippen molar-refractivity contribution in [2.24, 2.45) is 0 Å². The molecule has 3 fully saturated rings. The molecule has 0 saturated carbocycles. The minimum absolute atomic E-state index is 0.227. The molecule has 0 aliphatic carbocycles. The van der Waals surface area contributed by atoms with E-state index in [4.69, 9.17) is 9.72 Å². The number of ether oxygens (including phenoxy) is 1. The van der Waals surface area contributed by atoms with Crippen LogP contribution in [0.5, 0.6) is 5.75 Å². The number of amides is 1. The van der Waals surface area contributed by atoms with E-state index in [2.05, 4.69) is 31.1 Å². The van der Waals surface area contributed by atoms with Gasteiger partial charge < -0.3 is 19.9 Å². The number of nitrogens with one attached hydrogen (secondary N) is 1. The predicted molar refractivity (Wildman–Crippen MR) is 152 cm³/mol. The first-order valence-electron chi connectivity index (χ1n) is 14.7. The number of carbonyl (C=O) groups is 1. The van der Waals surface area contributed by atoms with Crippen molar-refractivity contribution < 1.29 is 9.53 Å². The van der Waals surface area contributed by atoms with E-state index in [-0.39, 0.29) is 5.91 Å². The van der Waals surface area contributed by atoms with E-state index in [9.17, 15) is 4.79 Å². The largest absolute Gasteiger partial charge is 0.497 e. The zero-order chi connectivity index (χ0) is 26.2. The van der Waals surface area contributed by atoms with Crippen LogP contribution < -0.4 is 15.0 Å². The van der Waals surface area contributed by atoms with Gasteiger partial charge in [-0.1, -0.05) is 31.4 Å². The van der Waals surface area contributed by atoms with Crippen LogP contribution >= 0.6 is 0 Å². The Balaban J connectivity index is 1.12. The lowest BCUT2D eigenvalue weighted by Gasteiger charge is -2.39. The molecule has 1 atom stereocenters. The van der Waals surface area contributed by atoms with Crippen LogP contribution in [0.2, 0.25) is 0 Å². The molecule has 3 aliphatic rings. The molecule has 5 rings (SSSR count). The summed E-state index contributed by atoms with van der Waals surface area (Å²) in [7, 11) is 1.66. The number of piperidine rings is 1. The molecule has 1 aromatic heterocycles. The monoisotopic (exact) mass is 520 g/mol. The van der Waals surface area contributed by atoms with Crippen LogP contribution in [0.15, 0.2) is 36.5 Å². The zero-order valence-electron chi connectivity index (χ0n) is 23.0. The molecule has 0 radical (unpaired) electrons. The highest BCUT2D eigenvalue weighted by Crippen LogP contribution is 2.24. The van der Waals surface area contributed by atoms with Crippen molar-refractivity contribution in [3.8, 4) is 5.75 Å². The SMILES string of the molecule is COc1ccc(CC(=O)N2CCC(N3CCCCC(Nc4nccc(N5CCCCCC5)n4)C3)CC2)cc1. The Labute approximate surface area is 227 Å². The number of anilines is 2. The van der Waals surface area contributed by atoms with Crippen molar-refractivity contribution in [3.63, 3.8) is 0 Å². The summed E-state index contributed by atoms with van der Waals surface area (Å²) in [6.07, 6.45) is 13.2. The zero-order valence-corrected chi connectivity index (χ0v) is 23.0. The van der Waals surface area contributed by atoms with E-state index in [1.54, 1.807) is 7.11 Å². The molecule has 0 spiro atoms. The highest BCUT2D eigenvalue weighted by Gasteiger charge is 2.29. The number of hydrogen-bond donors (Lipinski definition) is 1. The number of methoxy groups -OCH3 is 1. The average molecular weight is 521 g/mol. The van der Waals surface area contributed by atoms with E-state index >= 15 is 0 Å². The maximum Gasteiger partial charge on any atom is 0.226 e. The number of benzene rings is 1. The average Bonchev–Trinajstić information content (AvgIpc) is 3.37. The summed E-state index contributed by atoms with van der Waals surface area (Å²) in [5, 5.41) is 3.68. The van der Waals surface area contributed by atoms with Gasteiger partial charge in [0.25, 0.3) is 0 Å². The van der Waals surface area contributed by atoms with E-state index in [0.717, 1.165) is 81.6 Å². The fourth-order valence-corrected chi connectivity index (χ4v) is 6.21. The number of hydrogen-bond acceptors (Lipinski definition) is 7. The third-order valence-electron chi connectivity index (χ3n) is 8.45. The molecule has 0 bridgehead atoms. The van der Waals surface area contributed by atoms with Crippen molar-refractivity contribution in [2.75, 3.05) is 56.6 Å². The van der Waals surface area contributed by atoms with Crippen LogP contribution in [0.4, 0.5) is 11.8 Å². The van der Waals surface area contributed by atoms with Gasteiger partial charge in [-0.15, -0.1) is 0 Å². The molecule has 1 amide bonds. The van der Waals surface area contributed by atoms with Crippen molar-refractivity contribution >= 4 is 17.7 Å². The van der Waals surface area contributed by atoms with Crippen molar-refractivity contribution in [3.05, 3.63) is 42.1 Å². The Bertz CT molecular complexity index is 1020. The Kier molecular flexibility index (Phi) is 9.33. The van der Waals surface area contributed by atoms with Crippen molar-refractivity contribution in [1.29, 1.82) is 0 Å². The predicted octanol–water partition coefficient (Wildman–Crippen LogP) is 4.37. The molecule has 3 saturated heterocycles. The van der Waals surface area contributed by atoms with Crippen molar-refractivity contribution in [1.82, 2.24) is 19.8 Å². The number of nitrogens with zero attached hydrogens (tertiary/aromatic N) is 5. The van der Waals surface area contributed by atoms with Gasteiger partial charge >= 0.3 is 0 Å². The Morgan fingerprint density at radius 3 is 2.39 bits per heavy atom. The van der Waals surface area contributed by atoms with E-state index < -0.39 is 0 Å². The van der Waals surface area contributed by atoms with E-state index in [1.807, 2.05) is 30.5 Å². The normalized spacial score (nSPS) is 22.0. The highest BCUT2D eigenvalue weighted by molar-refractivity contribution is 5.78. The second-order valence-electron chi connectivity index (χ2n) is 11.1. The molecule has 1 aromatic carbocycles. The Hall–Kier alpha value is -2.87. The van der Waals surface area contributed by atoms with Crippen LogP contribution in [0.1, 0.15) is 63.4 Å². The summed E-state index contributed by atoms with van der Waals surface area (Å²) in [5.74, 6) is 2.87. The first kappa shape index (κ1) is 26.7. The minimum Gasteiger partial charge on any atom is -0.497 e. The first-order valence-corrected chi connectivity index (χ1v) is 14.7. The fourth-order valence-electron chi connectivity index (χ4n) is 6.21. The van der Waals surface area contributed by atoms with Crippen molar-refractivity contribution in [2.45, 2.75) is 76.3 Å². The molecule has 38 heavy (non-hydrogen) atoms. The summed E-state index contributed by atoms with van der Waals surface area (Å²) >= 11 is 0. The molecule has 8 nitrogen and oxygen atoms in total. The standard InChI is InChI=1S/C30H44N6O2/c1-38-27-11-9-24(10-12-27)22-29(37)35-20-14-26(15-21-35)36-19-7-4-8-25(23-36)32-30-31-16-13-28(33-30)34-17-5-2-3-6-18-34/h9-13,16,25-26H,2-8,14-15,17-23H2,1H3,(H,31,32,33). The molecule has 8 heteroatoms. The fraction of sp³-hybridized carbons (Fsp3) is 0.633. The molecule has 3 aliphatic heterocycles. The summed E-state index contributed by atoms with van der Waals surface area (Å²) in [6, 6.07) is 10.8. The lowest BCUT2D eigenvalue weighted by molar-refractivity contribution is -0.132. The number of rotatable bonds is 7. The molecular formula is C30H44N6O2. The molecular weight excluding hydrogens is 476 g/mol. The second-order valence-corrected chi connectivity index (χ2v) is 11.1. The second kappa shape index (κ2) is 13.3. The quantitative estimate of drug-likeness (QED) is 0.581. The van der Waals surface area contributed by atoms with Crippen LogP contribution in [0, 0.1) is 0 Å². The summed E-state index contributed by atoms with van der Waals surface area (Å²) in [5.41, 5.74) is 1.04. The topological polar surface area (TPSA) is 73.8 Å². The summed E-state index contributed by atoms with van der Waals surface area (Å²) < 4.78 is 5.23. The van der Waals surface area contributed by atoms with Gasteiger partial charge in [0.15, 0.2) is 0 Å². The maximum absolute atomic E-state index is 12.9. The van der Waals surface area contributed by atoms with Gasteiger partial charge in [0, 0.05) is 51.0 Å². The Morgan fingerprint density at radius 2 is 1.66 bits per heavy atom. The third-order valence-corrected chi connectivity index (χ3v) is 8.45. The van der Waals surface area contributed by atoms with Gasteiger partial charge in [-0.25, -0.2) is 4.98 Å². The van der Waals surface area contributed by atoms with E-state index in [1.165, 1.54) is 38.5 Å². The van der Waals surface area contributed by atoms with Crippen LogP contribution in [-0.4, -0.2) is 84.1 Å². The smallest absolute Gasteiger partial charge is 0.226 e. The van der Waals surface area contributed by atoms with E-state index in [0.29, 0.717) is 18.5 Å². The van der Waals surface area contributed by atoms with Crippen LogP contribution in [-0.2, 0) is 11.2 Å². The van der Waals surface area contributed by atoms with Gasteiger partial charge in [-0.3, -0.25) is 9.69 Å². The summed E-state index contributed by atoms with van der Waals surface area (Å²) in [6.45, 7) is 6.02. The third kappa shape index (κ3) is 7.16. The lowest BCUT2D eigenvalue weighted by Crippen LogP contribution is -2.49. The van der Waals surface area contributed by atoms with Gasteiger partial charge in [0.05, 0.1) is 13.5 Å². The molecule has 206 valence electrons. The molecule has 2 aromatic rings. The first-order chi connectivity index (χ1) is 18.7. The van der Waals surface area contributed by atoms with Crippen LogP contribution in [0.3, 0.4) is 0 Å². The van der Waals surface area contributed by atoms with Crippen LogP contribution in [0.25, 0.3) is 0 Å². The van der Waals surface area contributed by atoms with Gasteiger partial charge in [0.1, 0.15) is 11.6 Å². The number of aromatic nitrogens is 2. The number of likely N-dealkylation sites (tertiary alicyclic amines) is 2. The minimum atomic E-state index is 0.227. The number of carbonyl (C=O) groups excluding carboxylic acids is 1. The summed E-state index contributed by atoms with van der Waals surface area (Å²) in [4.78, 5) is 29.5. The highest BCUT2D eigenvalue weighted by atomic mass is 16.5. The molecule has 4 heterocycles.